The highest BCUT2D eigenvalue weighted by atomic mass is 35.5. The van der Waals surface area contributed by atoms with E-state index in [-0.39, 0.29) is 79.4 Å². The van der Waals surface area contributed by atoms with Gasteiger partial charge in [0, 0.05) is 107 Å². The van der Waals surface area contributed by atoms with Crippen molar-refractivity contribution < 1.29 is 81.5 Å². The number of amides is 4. The van der Waals surface area contributed by atoms with Gasteiger partial charge in [-0.15, -0.1) is 0 Å². The molecule has 12 rings (SSSR count). The molecule has 0 fully saturated rings. The summed E-state index contributed by atoms with van der Waals surface area (Å²) >= 11 is 5.63. The van der Waals surface area contributed by atoms with Crippen LogP contribution < -0.4 is 53.6 Å². The number of aryl methyl sites for hydroxylation is 3. The first-order valence-electron chi connectivity index (χ1n) is 31.0. The fourth-order valence-corrected chi connectivity index (χ4v) is 11.0. The molecule has 9 aromatic rings. The van der Waals surface area contributed by atoms with Crippen molar-refractivity contribution in [1.82, 2.24) is 30.9 Å². The zero-order valence-electron chi connectivity index (χ0n) is 54.3. The van der Waals surface area contributed by atoms with Gasteiger partial charge in [0.2, 0.25) is 5.91 Å². The van der Waals surface area contributed by atoms with Crippen LogP contribution in [0.4, 0.5) is 121 Å². The maximum atomic E-state index is 13.7. The number of nitrogens with two attached hydrogens (primary N) is 1. The number of nitrogens with zero attached hydrogens (tertiary/aromatic N) is 3. The number of carbonyl (C=O) groups excluding carboxylic acids is 6. The molecule has 6 aromatic carbocycles. The molecule has 536 valence electrons. The van der Waals surface area contributed by atoms with E-state index >= 15 is 0 Å². The minimum Gasteiger partial charge on any atom is -0.399 e. The molecule has 2 aliphatic carbocycles. The Kier molecular flexibility index (Phi) is 23.6. The third kappa shape index (κ3) is 19.8. The maximum absolute atomic E-state index is 13.7. The summed E-state index contributed by atoms with van der Waals surface area (Å²) in [7, 11) is 3.99. The smallest absolute Gasteiger partial charge is 0.399 e. The summed E-state index contributed by atoms with van der Waals surface area (Å²) < 4.78 is 162. The third-order valence-electron chi connectivity index (χ3n) is 15.9. The summed E-state index contributed by atoms with van der Waals surface area (Å²) in [5.41, 5.74) is 8.78. The fourth-order valence-electron chi connectivity index (χ4n) is 10.8. The van der Waals surface area contributed by atoms with Crippen LogP contribution in [0.25, 0.3) is 0 Å². The van der Waals surface area contributed by atoms with Gasteiger partial charge in [0.25, 0.3) is 17.7 Å². The first kappa shape index (κ1) is 75.4. The number of hydrogen-bond acceptors (Lipinski definition) is 15. The number of benzene rings is 6. The molecule has 32 heteroatoms. The van der Waals surface area contributed by atoms with E-state index in [2.05, 4.69) is 62.8 Å². The van der Waals surface area contributed by atoms with E-state index in [1.165, 1.54) is 45.4 Å². The van der Waals surface area contributed by atoms with Crippen LogP contribution in [0, 0.1) is 17.5 Å². The Morgan fingerprint density at radius 2 is 0.796 bits per heavy atom. The van der Waals surface area contributed by atoms with E-state index in [9.17, 15) is 81.5 Å². The number of ketones is 2. The van der Waals surface area contributed by atoms with Crippen molar-refractivity contribution in [2.75, 3.05) is 58.8 Å². The summed E-state index contributed by atoms with van der Waals surface area (Å²) in [5.74, 6) is -3.37. The van der Waals surface area contributed by atoms with Crippen LogP contribution >= 0.6 is 11.6 Å². The zero-order valence-corrected chi connectivity index (χ0v) is 55.1. The second-order valence-corrected chi connectivity index (χ2v) is 23.5. The van der Waals surface area contributed by atoms with E-state index in [0.29, 0.717) is 74.9 Å². The van der Waals surface area contributed by atoms with E-state index in [1.54, 1.807) is 18.2 Å². The van der Waals surface area contributed by atoms with Crippen LogP contribution in [-0.4, -0.2) is 71.3 Å². The number of anilines is 12. The highest BCUT2D eigenvalue weighted by Crippen LogP contribution is 2.42. The van der Waals surface area contributed by atoms with Gasteiger partial charge >= 0.3 is 18.5 Å². The standard InChI is InChI=1S/2C24H20F4N4O2.C14H10ClF4N3O.C9H10N2O/c2*1-29-23(34)18-10-15(25)4-7-20(18)32-21-11-22(30-12-19(21)24(26,27)28)31-16-5-2-14-9-17(33)6-3-13(14)8-16;1-20-13(23)8-4-7(16)2-3-10(8)22-11-5-12(15)21-6-9(11)14(17,18)19;10-7-2-3-8-6(5-7)1-4-9(12)11-8/h2*2,4-5,7-8,10-12H,3,6,9H2,1H3,(H,29,34)(H2,30,31,32);2-6H,1H3,(H,20,23)(H,21,22);2-3,5H,1,4,10H2,(H,11,12). The monoisotopic (exact) mass is 1450 g/mol. The van der Waals surface area contributed by atoms with Crippen molar-refractivity contribution in [3.63, 3.8) is 0 Å². The largest absolute Gasteiger partial charge is 0.419 e. The number of Topliss-reactive ketones (excluding diaryl/α,β-unsaturated/α-hetero) is 2. The molecule has 1 aliphatic heterocycles. The third-order valence-corrected chi connectivity index (χ3v) is 16.1. The van der Waals surface area contributed by atoms with Crippen LogP contribution in [0.2, 0.25) is 5.15 Å². The van der Waals surface area contributed by atoms with Crippen LogP contribution in [0.15, 0.2) is 146 Å². The zero-order chi connectivity index (χ0) is 74.7. The van der Waals surface area contributed by atoms with Gasteiger partial charge in [-0.3, -0.25) is 28.8 Å². The molecule has 11 N–H and O–H groups in total. The topological polar surface area (TPSA) is 275 Å². The lowest BCUT2D eigenvalue weighted by atomic mass is 9.90. The predicted molar refractivity (Wildman–Crippen MR) is 363 cm³/mol. The Bertz CT molecular complexity index is 4550. The van der Waals surface area contributed by atoms with E-state index < -0.39 is 76.1 Å². The molecule has 0 saturated carbocycles. The van der Waals surface area contributed by atoms with Crippen molar-refractivity contribution in [1.29, 1.82) is 0 Å². The molecule has 0 bridgehead atoms. The highest BCUT2D eigenvalue weighted by molar-refractivity contribution is 6.29. The van der Waals surface area contributed by atoms with Gasteiger partial charge in [-0.05, 0) is 150 Å². The number of fused-ring (bicyclic) bond motifs is 3. The lowest BCUT2D eigenvalue weighted by molar-refractivity contribution is -0.138. The minimum atomic E-state index is -4.72. The van der Waals surface area contributed by atoms with Crippen molar-refractivity contribution in [2.45, 2.75) is 69.9 Å². The maximum Gasteiger partial charge on any atom is 0.419 e. The number of hydrogen-bond donors (Lipinski definition) is 10. The molecular formula is C71H60ClF12N13O6. The Labute approximate surface area is 583 Å². The lowest BCUT2D eigenvalue weighted by Gasteiger charge is -2.19. The normalized spacial score (nSPS) is 13.0. The first-order valence-corrected chi connectivity index (χ1v) is 31.4. The van der Waals surface area contributed by atoms with Gasteiger partial charge < -0.3 is 53.6 Å². The fraction of sp³-hybridized carbons (Fsp3) is 0.197. The van der Waals surface area contributed by atoms with Crippen LogP contribution in [-0.2, 0) is 65.0 Å². The highest BCUT2D eigenvalue weighted by Gasteiger charge is 2.37. The molecule has 4 heterocycles. The molecular weight excluding hydrogens is 1390 g/mol. The Balaban J connectivity index is 0.000000168. The molecule has 0 radical (unpaired) electrons. The van der Waals surface area contributed by atoms with E-state index in [4.69, 9.17) is 17.3 Å². The molecule has 0 unspecified atom stereocenters. The number of alkyl halides is 9. The molecule has 3 aliphatic rings. The Morgan fingerprint density at radius 3 is 1.18 bits per heavy atom. The number of halogens is 13. The summed E-state index contributed by atoms with van der Waals surface area (Å²) in [6, 6.07) is 29.1. The van der Waals surface area contributed by atoms with Gasteiger partial charge in [-0.2, -0.15) is 39.5 Å². The predicted octanol–water partition coefficient (Wildman–Crippen LogP) is 15.4. The second-order valence-electron chi connectivity index (χ2n) is 23.1. The lowest BCUT2D eigenvalue weighted by Crippen LogP contribution is -2.20. The number of nitrogens with one attached hydrogen (secondary N) is 9. The summed E-state index contributed by atoms with van der Waals surface area (Å²) in [6.07, 6.45) is -7.96. The van der Waals surface area contributed by atoms with E-state index in [0.717, 1.165) is 94.1 Å². The van der Waals surface area contributed by atoms with Crippen molar-refractivity contribution in [2.24, 2.45) is 0 Å². The summed E-state index contributed by atoms with van der Waals surface area (Å²) in [5, 5.41) is 23.2. The van der Waals surface area contributed by atoms with Gasteiger partial charge in [-0.1, -0.05) is 23.7 Å². The quantitative estimate of drug-likeness (QED) is 0.0292. The number of nitrogen functional groups attached to an aromatic ring is 1. The molecule has 103 heavy (non-hydrogen) atoms. The van der Waals surface area contributed by atoms with Crippen molar-refractivity contribution >= 4 is 115 Å². The Hall–Kier alpha value is -11.8. The van der Waals surface area contributed by atoms with Crippen molar-refractivity contribution in [3.05, 3.63) is 230 Å². The average molecular weight is 1450 g/mol. The first-order chi connectivity index (χ1) is 48.7. The number of rotatable bonds is 13. The molecule has 0 spiro atoms. The van der Waals surface area contributed by atoms with Gasteiger partial charge in [0.05, 0.1) is 67.5 Å². The summed E-state index contributed by atoms with van der Waals surface area (Å²) in [4.78, 5) is 81.4. The number of aromatic nitrogens is 3. The summed E-state index contributed by atoms with van der Waals surface area (Å²) in [6.45, 7) is 0. The van der Waals surface area contributed by atoms with Gasteiger partial charge in [-0.25, -0.2) is 28.1 Å². The van der Waals surface area contributed by atoms with Gasteiger partial charge in [0.1, 0.15) is 45.8 Å². The molecule has 0 saturated heterocycles. The van der Waals surface area contributed by atoms with Crippen LogP contribution in [0.5, 0.6) is 0 Å². The SMILES string of the molecule is CNC(=O)c1cc(F)ccc1Nc1cc(Cl)ncc1C(F)(F)F.CNC(=O)c1cc(F)ccc1Nc1cc(Nc2ccc3c(c2)CCC(=O)C3)ncc1C(F)(F)F.CNC(=O)c1cc(F)ccc1Nc1cc(Nc2ccc3c(c2)CCC(=O)C3)ncc1C(F)(F)F.Nc1ccc2c(c1)CCC(=O)N2. The number of pyridine rings is 3. The molecule has 3 aromatic heterocycles. The van der Waals surface area contributed by atoms with Crippen LogP contribution in [0.3, 0.4) is 0 Å². The second kappa shape index (κ2) is 32.3. The number of carbonyl (C=O) groups is 6. The minimum absolute atomic E-state index is 0.00137. The average Bonchev–Trinajstić information content (AvgIpc) is 0.797. The molecule has 0 atom stereocenters. The Morgan fingerprint density at radius 1 is 0.417 bits per heavy atom. The van der Waals surface area contributed by atoms with Crippen molar-refractivity contribution in [3.8, 4) is 0 Å². The van der Waals surface area contributed by atoms with Gasteiger partial charge in [0.15, 0.2) is 0 Å². The molecule has 19 nitrogen and oxygen atoms in total. The van der Waals surface area contributed by atoms with Crippen LogP contribution in [0.1, 0.15) is 94.8 Å². The van der Waals surface area contributed by atoms with E-state index in [1.807, 2.05) is 36.4 Å². The molecule has 4 amide bonds.